The van der Waals surface area contributed by atoms with E-state index in [-0.39, 0.29) is 5.91 Å². The number of carbonyl (C=O) groups is 1. The molecule has 0 saturated carbocycles. The fourth-order valence-corrected chi connectivity index (χ4v) is 3.49. The summed E-state index contributed by atoms with van der Waals surface area (Å²) in [5.41, 5.74) is 13.0. The van der Waals surface area contributed by atoms with Crippen molar-refractivity contribution >= 4 is 28.5 Å². The summed E-state index contributed by atoms with van der Waals surface area (Å²) < 4.78 is 0. The van der Waals surface area contributed by atoms with Crippen LogP contribution in [0.5, 0.6) is 0 Å². The molecule has 29 heavy (non-hydrogen) atoms. The summed E-state index contributed by atoms with van der Waals surface area (Å²) in [5.74, 6) is -0.114. The largest absolute Gasteiger partial charge is 0.399 e. The predicted molar refractivity (Wildman–Crippen MR) is 119 cm³/mol. The normalized spacial score (nSPS) is 14.3. The van der Waals surface area contributed by atoms with Gasteiger partial charge in [-0.3, -0.25) is 4.79 Å². The lowest BCUT2D eigenvalue weighted by atomic mass is 10.0. The second-order valence-electron chi connectivity index (χ2n) is 7.17. The number of anilines is 3. The second-order valence-corrected chi connectivity index (χ2v) is 7.17. The summed E-state index contributed by atoms with van der Waals surface area (Å²) in [7, 11) is 0. The maximum atomic E-state index is 12.4. The first-order valence-electron chi connectivity index (χ1n) is 9.63. The van der Waals surface area contributed by atoms with Crippen LogP contribution in [0.4, 0.5) is 17.1 Å². The van der Waals surface area contributed by atoms with Gasteiger partial charge in [-0.1, -0.05) is 42.5 Å². The Morgan fingerprint density at radius 1 is 0.931 bits per heavy atom. The highest BCUT2D eigenvalue weighted by atomic mass is 16.2. The van der Waals surface area contributed by atoms with Gasteiger partial charge in [0, 0.05) is 41.4 Å². The number of nitrogens with two attached hydrogens (primary N) is 1. The van der Waals surface area contributed by atoms with Crippen LogP contribution in [0.15, 0.2) is 78.5 Å². The van der Waals surface area contributed by atoms with Crippen LogP contribution in [0.2, 0.25) is 0 Å². The van der Waals surface area contributed by atoms with Crippen LogP contribution in [0.3, 0.4) is 0 Å². The molecular formula is C24H24N4O. The van der Waals surface area contributed by atoms with Gasteiger partial charge in [0.2, 0.25) is 0 Å². The first kappa shape index (κ1) is 18.8. The Bertz CT molecular complexity index is 1060. The summed E-state index contributed by atoms with van der Waals surface area (Å²) >= 11 is 0. The van der Waals surface area contributed by atoms with E-state index in [1.54, 1.807) is 6.07 Å². The third kappa shape index (κ3) is 4.31. The van der Waals surface area contributed by atoms with Crippen LogP contribution in [-0.2, 0) is 17.9 Å². The molecule has 146 valence electrons. The van der Waals surface area contributed by atoms with Crippen molar-refractivity contribution in [3.8, 4) is 0 Å². The molecule has 0 bridgehead atoms. The van der Waals surface area contributed by atoms with Gasteiger partial charge >= 0.3 is 0 Å². The highest BCUT2D eigenvalue weighted by Gasteiger charge is 2.26. The van der Waals surface area contributed by atoms with Crippen LogP contribution in [0.1, 0.15) is 23.6 Å². The third-order valence-corrected chi connectivity index (χ3v) is 4.95. The number of hydrogen-bond acceptors (Lipinski definition) is 4. The Morgan fingerprint density at radius 2 is 1.62 bits per heavy atom. The first-order valence-corrected chi connectivity index (χ1v) is 9.63. The number of rotatable bonds is 6. The fraction of sp³-hybridized carbons (Fsp3) is 0.125. The number of nitrogen functional groups attached to an aromatic ring is 1. The molecule has 3 aromatic rings. The van der Waals surface area contributed by atoms with E-state index in [1.165, 1.54) is 11.1 Å². The van der Waals surface area contributed by atoms with Crippen LogP contribution < -0.4 is 21.7 Å². The van der Waals surface area contributed by atoms with Gasteiger partial charge in [0.1, 0.15) is 0 Å². The molecule has 0 saturated heterocycles. The zero-order chi connectivity index (χ0) is 20.2. The van der Waals surface area contributed by atoms with E-state index in [1.807, 2.05) is 49.4 Å². The Hall–Kier alpha value is -3.57. The van der Waals surface area contributed by atoms with Crippen LogP contribution in [0, 0.1) is 0 Å². The number of carbonyl (C=O) groups excluding carboxylic acids is 1. The van der Waals surface area contributed by atoms with Gasteiger partial charge in [-0.2, -0.15) is 0 Å². The Morgan fingerprint density at radius 3 is 2.34 bits per heavy atom. The monoisotopic (exact) mass is 384 g/mol. The minimum atomic E-state index is -0.114. The van der Waals surface area contributed by atoms with Crippen LogP contribution in [0.25, 0.3) is 5.57 Å². The molecule has 0 atom stereocenters. The van der Waals surface area contributed by atoms with Crippen molar-refractivity contribution in [1.29, 1.82) is 0 Å². The summed E-state index contributed by atoms with van der Waals surface area (Å²) in [6.45, 7) is 3.54. The Balaban J connectivity index is 1.42. The minimum absolute atomic E-state index is 0.114. The number of benzene rings is 3. The van der Waals surface area contributed by atoms with Gasteiger partial charge in [0.25, 0.3) is 5.91 Å². The molecule has 5 N–H and O–H groups in total. The molecule has 1 heterocycles. The van der Waals surface area contributed by atoms with Crippen molar-refractivity contribution in [2.45, 2.75) is 20.0 Å². The van der Waals surface area contributed by atoms with Gasteiger partial charge in [-0.15, -0.1) is 0 Å². The average Bonchev–Trinajstić information content (AvgIpc) is 3.05. The van der Waals surface area contributed by atoms with Crippen LogP contribution in [-0.4, -0.2) is 5.91 Å². The molecule has 4 rings (SSSR count). The number of hydrogen-bond donors (Lipinski definition) is 4. The molecule has 0 unspecified atom stereocenters. The van der Waals surface area contributed by atoms with Crippen molar-refractivity contribution in [2.24, 2.45) is 0 Å². The first-order chi connectivity index (χ1) is 14.1. The lowest BCUT2D eigenvalue weighted by molar-refractivity contribution is -0.110. The standard InChI is InChI=1S/C24H24N4O/c1-16(23-21-13-19(25)9-12-22(21)28-24(23)29)27-20-10-7-18(8-11-20)15-26-14-17-5-3-2-4-6-17/h2-13,26-27H,14-15,25H2,1H3,(H,28,29)/b23-16-. The molecular weight excluding hydrogens is 360 g/mol. The Kier molecular flexibility index (Phi) is 5.31. The van der Waals surface area contributed by atoms with E-state index in [9.17, 15) is 4.79 Å². The lowest BCUT2D eigenvalue weighted by Gasteiger charge is -2.11. The molecule has 0 spiro atoms. The van der Waals surface area contributed by atoms with Gasteiger partial charge in [-0.25, -0.2) is 0 Å². The topological polar surface area (TPSA) is 79.2 Å². The van der Waals surface area contributed by atoms with Crippen molar-refractivity contribution in [2.75, 3.05) is 16.4 Å². The van der Waals surface area contributed by atoms with E-state index in [4.69, 9.17) is 5.73 Å². The van der Waals surface area contributed by atoms with Crippen molar-refractivity contribution in [3.05, 3.63) is 95.2 Å². The van der Waals surface area contributed by atoms with Crippen molar-refractivity contribution < 1.29 is 4.79 Å². The van der Waals surface area contributed by atoms with Gasteiger partial charge < -0.3 is 21.7 Å². The fourth-order valence-electron chi connectivity index (χ4n) is 3.49. The lowest BCUT2D eigenvalue weighted by Crippen LogP contribution is -2.12. The molecule has 0 radical (unpaired) electrons. The maximum absolute atomic E-state index is 12.4. The molecule has 0 fully saturated rings. The highest BCUT2D eigenvalue weighted by molar-refractivity contribution is 6.32. The van der Waals surface area contributed by atoms with E-state index >= 15 is 0 Å². The molecule has 0 aromatic heterocycles. The number of fused-ring (bicyclic) bond motifs is 1. The van der Waals surface area contributed by atoms with Crippen LogP contribution >= 0.6 is 0 Å². The average molecular weight is 384 g/mol. The maximum Gasteiger partial charge on any atom is 0.258 e. The van der Waals surface area contributed by atoms with Gasteiger partial charge in [-0.05, 0) is 48.4 Å². The smallest absolute Gasteiger partial charge is 0.258 e. The summed E-state index contributed by atoms with van der Waals surface area (Å²) in [6, 6.07) is 24.0. The quantitative estimate of drug-likeness (QED) is 0.376. The number of nitrogens with one attached hydrogen (secondary N) is 3. The predicted octanol–water partition coefficient (Wildman–Crippen LogP) is 4.35. The third-order valence-electron chi connectivity index (χ3n) is 4.95. The minimum Gasteiger partial charge on any atom is -0.399 e. The van der Waals surface area contributed by atoms with E-state index in [2.05, 4.69) is 40.2 Å². The van der Waals surface area contributed by atoms with Gasteiger partial charge in [0.15, 0.2) is 0 Å². The number of amides is 1. The molecule has 3 aromatic carbocycles. The van der Waals surface area contributed by atoms with E-state index in [0.717, 1.165) is 35.7 Å². The Labute approximate surface area is 170 Å². The molecule has 5 nitrogen and oxygen atoms in total. The van der Waals surface area contributed by atoms with Gasteiger partial charge in [0.05, 0.1) is 5.57 Å². The summed E-state index contributed by atoms with van der Waals surface area (Å²) in [5, 5.41) is 9.68. The summed E-state index contributed by atoms with van der Waals surface area (Å²) in [4.78, 5) is 12.4. The molecule has 1 amide bonds. The van der Waals surface area contributed by atoms with E-state index < -0.39 is 0 Å². The summed E-state index contributed by atoms with van der Waals surface area (Å²) in [6.07, 6.45) is 0. The second kappa shape index (κ2) is 8.20. The van der Waals surface area contributed by atoms with Crippen molar-refractivity contribution in [3.63, 3.8) is 0 Å². The zero-order valence-electron chi connectivity index (χ0n) is 16.3. The molecule has 5 heteroatoms. The van der Waals surface area contributed by atoms with Crippen molar-refractivity contribution in [1.82, 2.24) is 5.32 Å². The molecule has 1 aliphatic rings. The SMILES string of the molecule is C/C(Nc1ccc(CNCc2ccccc2)cc1)=C1/C(=O)Nc2ccc(N)cc21. The number of allylic oxidation sites excluding steroid dienone is 1. The zero-order valence-corrected chi connectivity index (χ0v) is 16.3. The highest BCUT2D eigenvalue weighted by Crippen LogP contribution is 2.35. The van der Waals surface area contributed by atoms with E-state index in [0.29, 0.717) is 11.3 Å². The molecule has 0 aliphatic carbocycles. The molecule has 1 aliphatic heterocycles.